The third-order valence-corrected chi connectivity index (χ3v) is 3.88. The van der Waals surface area contributed by atoms with Gasteiger partial charge in [-0.15, -0.1) is 0 Å². The number of anilines is 1. The van der Waals surface area contributed by atoms with E-state index in [9.17, 15) is 4.79 Å². The van der Waals surface area contributed by atoms with E-state index < -0.39 is 0 Å². The molecule has 1 heterocycles. The Morgan fingerprint density at radius 2 is 2.06 bits per heavy atom. The summed E-state index contributed by atoms with van der Waals surface area (Å²) in [7, 11) is 0. The highest BCUT2D eigenvalue weighted by Gasteiger charge is 2.16. The number of halogens is 2. The number of nitrogens with one attached hydrogen (secondary N) is 2. The molecule has 0 aliphatic carbocycles. The monoisotopic (exact) mass is 358 g/mol. The maximum atomic E-state index is 12.0. The van der Waals surface area contributed by atoms with Crippen LogP contribution in [-0.4, -0.2) is 19.0 Å². The summed E-state index contributed by atoms with van der Waals surface area (Å²) >= 11 is 6.79. The van der Waals surface area contributed by atoms with Gasteiger partial charge in [0.2, 0.25) is 0 Å². The van der Waals surface area contributed by atoms with Crippen molar-refractivity contribution in [2.75, 3.05) is 18.4 Å². The first-order valence-corrected chi connectivity index (χ1v) is 6.82. The minimum absolute atomic E-state index is 0.0375. The molecule has 1 saturated heterocycles. The van der Waals surface area contributed by atoms with Gasteiger partial charge in [-0.05, 0) is 46.6 Å². The molecule has 1 aromatic rings. The van der Waals surface area contributed by atoms with Crippen LogP contribution in [0.2, 0.25) is 0 Å². The molecule has 5 heteroatoms. The summed E-state index contributed by atoms with van der Waals surface area (Å²) in [5.41, 5.74) is 2.76. The predicted octanol–water partition coefficient (Wildman–Crippen LogP) is 3.07. The lowest BCUT2D eigenvalue weighted by Gasteiger charge is -2.21. The molecule has 0 spiro atoms. The first-order valence-electron chi connectivity index (χ1n) is 5.23. The average Bonchev–Trinajstić information content (AvgIpc) is 2.19. The van der Waals surface area contributed by atoms with E-state index >= 15 is 0 Å². The zero-order valence-corrected chi connectivity index (χ0v) is 12.5. The summed E-state index contributed by atoms with van der Waals surface area (Å²) in [6.07, 6.45) is 0. The van der Waals surface area contributed by atoms with Crippen LogP contribution < -0.4 is 10.6 Å². The highest BCUT2D eigenvalue weighted by molar-refractivity contribution is 9.11. The quantitative estimate of drug-likeness (QED) is 0.797. The molecule has 2 N–H and O–H groups in total. The number of hydrogen-bond donors (Lipinski definition) is 2. The van der Waals surface area contributed by atoms with Crippen molar-refractivity contribution in [3.05, 3.63) is 38.3 Å². The first kappa shape index (κ1) is 12.8. The van der Waals surface area contributed by atoms with Crippen molar-refractivity contribution < 1.29 is 4.79 Å². The van der Waals surface area contributed by atoms with Crippen molar-refractivity contribution in [2.24, 2.45) is 0 Å². The van der Waals surface area contributed by atoms with Gasteiger partial charge in [0.25, 0.3) is 5.91 Å². The van der Waals surface area contributed by atoms with Crippen LogP contribution in [0.3, 0.4) is 0 Å². The molecule has 1 aliphatic heterocycles. The van der Waals surface area contributed by atoms with Crippen LogP contribution in [0.25, 0.3) is 0 Å². The van der Waals surface area contributed by atoms with Gasteiger partial charge in [0.15, 0.2) is 0 Å². The van der Waals surface area contributed by atoms with E-state index in [0.29, 0.717) is 0 Å². The summed E-state index contributed by atoms with van der Waals surface area (Å²) in [4.78, 5) is 12.0. The van der Waals surface area contributed by atoms with Gasteiger partial charge in [-0.25, -0.2) is 0 Å². The summed E-state index contributed by atoms with van der Waals surface area (Å²) in [5, 5.41) is 6.02. The zero-order chi connectivity index (χ0) is 12.4. The summed E-state index contributed by atoms with van der Waals surface area (Å²) in [5.74, 6) is -0.0375. The smallest absolute Gasteiger partial charge is 0.251 e. The van der Waals surface area contributed by atoms with E-state index in [0.717, 1.165) is 33.3 Å². The lowest BCUT2D eigenvalue weighted by atomic mass is 10.0. The predicted molar refractivity (Wildman–Crippen MR) is 76.0 cm³/mol. The largest absolute Gasteiger partial charge is 0.321 e. The average molecular weight is 360 g/mol. The van der Waals surface area contributed by atoms with Gasteiger partial charge < -0.3 is 10.6 Å². The normalized spacial score (nSPS) is 14.2. The lowest BCUT2D eigenvalue weighted by Crippen LogP contribution is -2.36. The molecule has 1 amide bonds. The molecule has 17 heavy (non-hydrogen) atoms. The Balaban J connectivity index is 2.13. The Bertz CT molecular complexity index is 491. The van der Waals surface area contributed by atoms with Gasteiger partial charge in [-0.1, -0.05) is 15.9 Å². The van der Waals surface area contributed by atoms with E-state index in [-0.39, 0.29) is 5.91 Å². The molecule has 1 fully saturated rings. The van der Waals surface area contributed by atoms with E-state index in [1.165, 1.54) is 5.57 Å². The fraction of sp³-hybridized carbons (Fsp3) is 0.250. The molecule has 0 atom stereocenters. The molecule has 2 rings (SSSR count). The number of carbonyl (C=O) groups excluding carboxylic acids is 1. The Labute approximate surface area is 117 Å². The van der Waals surface area contributed by atoms with Crippen LogP contribution in [-0.2, 0) is 4.79 Å². The minimum Gasteiger partial charge on any atom is -0.321 e. The Hall–Kier alpha value is -0.650. The van der Waals surface area contributed by atoms with Gasteiger partial charge in [0.05, 0.1) is 5.69 Å². The van der Waals surface area contributed by atoms with Crippen molar-refractivity contribution in [3.63, 3.8) is 0 Å². The number of rotatable bonds is 2. The van der Waals surface area contributed by atoms with Gasteiger partial charge in [-0.3, -0.25) is 4.79 Å². The van der Waals surface area contributed by atoms with Gasteiger partial charge in [-0.2, -0.15) is 0 Å². The van der Waals surface area contributed by atoms with E-state index in [1.54, 1.807) is 0 Å². The van der Waals surface area contributed by atoms with Crippen LogP contribution >= 0.6 is 31.9 Å². The Morgan fingerprint density at radius 3 is 2.59 bits per heavy atom. The van der Waals surface area contributed by atoms with Gasteiger partial charge >= 0.3 is 0 Å². The molecule has 0 radical (unpaired) electrons. The van der Waals surface area contributed by atoms with Gasteiger partial charge in [0, 0.05) is 27.6 Å². The maximum absolute atomic E-state index is 12.0. The van der Waals surface area contributed by atoms with E-state index in [2.05, 4.69) is 42.5 Å². The molecule has 3 nitrogen and oxygen atoms in total. The van der Waals surface area contributed by atoms with Crippen LogP contribution in [0.1, 0.15) is 6.92 Å². The summed E-state index contributed by atoms with van der Waals surface area (Å²) in [6, 6.07) is 5.67. The molecular formula is C12H12Br2N2O. The van der Waals surface area contributed by atoms with Crippen LogP contribution in [0.15, 0.2) is 38.3 Å². The number of amides is 1. The maximum Gasteiger partial charge on any atom is 0.251 e. The van der Waals surface area contributed by atoms with Crippen LogP contribution in [0.5, 0.6) is 0 Å². The number of hydrogen-bond acceptors (Lipinski definition) is 2. The SMILES string of the molecule is CC(C(=O)Nc1ccc(Br)cc1Br)=C1CNC1. The lowest BCUT2D eigenvalue weighted by molar-refractivity contribution is -0.112. The second-order valence-electron chi connectivity index (χ2n) is 3.91. The fourth-order valence-electron chi connectivity index (χ4n) is 1.48. The summed E-state index contributed by atoms with van der Waals surface area (Å²) in [6.45, 7) is 3.50. The molecule has 0 aromatic heterocycles. The highest BCUT2D eigenvalue weighted by Crippen LogP contribution is 2.26. The molecule has 0 bridgehead atoms. The van der Waals surface area contributed by atoms with E-state index in [4.69, 9.17) is 0 Å². The number of benzene rings is 1. The molecule has 1 aromatic carbocycles. The second-order valence-corrected chi connectivity index (χ2v) is 5.68. The van der Waals surface area contributed by atoms with E-state index in [1.807, 2.05) is 25.1 Å². The highest BCUT2D eigenvalue weighted by atomic mass is 79.9. The summed E-state index contributed by atoms with van der Waals surface area (Å²) < 4.78 is 1.84. The van der Waals surface area contributed by atoms with Crippen molar-refractivity contribution in [2.45, 2.75) is 6.92 Å². The standard InChI is InChI=1S/C12H12Br2N2O/c1-7(8-5-15-6-8)12(17)16-11-3-2-9(13)4-10(11)14/h2-4,15H,5-6H2,1H3,(H,16,17). The number of carbonyl (C=O) groups is 1. The van der Waals surface area contributed by atoms with Crippen molar-refractivity contribution in [1.82, 2.24) is 5.32 Å². The topological polar surface area (TPSA) is 41.1 Å². The van der Waals surface area contributed by atoms with Crippen molar-refractivity contribution >= 4 is 43.5 Å². The Kier molecular flexibility index (Phi) is 4.01. The van der Waals surface area contributed by atoms with Gasteiger partial charge in [0.1, 0.15) is 0 Å². The van der Waals surface area contributed by atoms with Crippen molar-refractivity contribution in [1.29, 1.82) is 0 Å². The fourth-order valence-corrected chi connectivity index (χ4v) is 2.63. The van der Waals surface area contributed by atoms with Crippen LogP contribution in [0, 0.1) is 0 Å². The molecule has 90 valence electrons. The molecule has 0 unspecified atom stereocenters. The third kappa shape index (κ3) is 2.97. The molecule has 1 aliphatic rings. The molecule has 0 saturated carbocycles. The first-order chi connectivity index (χ1) is 8.08. The van der Waals surface area contributed by atoms with Crippen LogP contribution in [0.4, 0.5) is 5.69 Å². The Morgan fingerprint density at radius 1 is 1.35 bits per heavy atom. The minimum atomic E-state index is -0.0375. The molecular weight excluding hydrogens is 348 g/mol. The third-order valence-electron chi connectivity index (χ3n) is 2.73. The second kappa shape index (κ2) is 5.33. The zero-order valence-electron chi connectivity index (χ0n) is 9.31. The van der Waals surface area contributed by atoms with Crippen molar-refractivity contribution in [3.8, 4) is 0 Å².